The largest absolute Gasteiger partial charge is 0.489 e. The Kier molecular flexibility index (Phi) is 6.48. The maximum absolute atomic E-state index is 11.4. The molecule has 0 bridgehead atoms. The van der Waals surface area contributed by atoms with Gasteiger partial charge >= 0.3 is 5.97 Å². The first-order valence-electron chi connectivity index (χ1n) is 7.40. The van der Waals surface area contributed by atoms with E-state index in [0.717, 1.165) is 17.1 Å². The standard InChI is InChI=1S/C20H18O4/c1-3-13-22-20(21)14-16(2)15-23-17-9-11-19(12-10-17)24-18-7-5-4-6-8-18/h1,4-12,14H,13,15H2,2H3/b16-14+. The van der Waals surface area contributed by atoms with Gasteiger partial charge in [-0.1, -0.05) is 24.1 Å². The maximum atomic E-state index is 11.4. The SMILES string of the molecule is C#CCOC(=O)/C=C(\C)COc1ccc(Oc2ccccc2)cc1. The molecule has 0 saturated carbocycles. The maximum Gasteiger partial charge on any atom is 0.331 e. The van der Waals surface area contributed by atoms with Crippen molar-refractivity contribution < 1.29 is 19.0 Å². The van der Waals surface area contributed by atoms with Crippen molar-refractivity contribution in [1.29, 1.82) is 0 Å². The number of esters is 1. The van der Waals surface area contributed by atoms with E-state index >= 15 is 0 Å². The summed E-state index contributed by atoms with van der Waals surface area (Å²) in [6, 6.07) is 16.8. The molecule has 2 aromatic rings. The van der Waals surface area contributed by atoms with Crippen molar-refractivity contribution in [3.63, 3.8) is 0 Å². The monoisotopic (exact) mass is 322 g/mol. The first kappa shape index (κ1) is 17.2. The third-order valence-corrected chi connectivity index (χ3v) is 2.93. The van der Waals surface area contributed by atoms with E-state index in [4.69, 9.17) is 20.6 Å². The third-order valence-electron chi connectivity index (χ3n) is 2.93. The predicted molar refractivity (Wildman–Crippen MR) is 92.0 cm³/mol. The lowest BCUT2D eigenvalue weighted by Gasteiger charge is -2.08. The minimum absolute atomic E-state index is 0.0354. The van der Waals surface area contributed by atoms with Crippen LogP contribution in [0.5, 0.6) is 17.2 Å². The topological polar surface area (TPSA) is 44.8 Å². The molecule has 2 aromatic carbocycles. The van der Waals surface area contributed by atoms with Crippen LogP contribution in [0.25, 0.3) is 0 Å². The van der Waals surface area contributed by atoms with Crippen LogP contribution in [0.15, 0.2) is 66.2 Å². The van der Waals surface area contributed by atoms with Crippen LogP contribution in [0.4, 0.5) is 0 Å². The molecule has 0 aromatic heterocycles. The van der Waals surface area contributed by atoms with Crippen molar-refractivity contribution in [2.24, 2.45) is 0 Å². The number of hydrogen-bond acceptors (Lipinski definition) is 4. The number of hydrogen-bond donors (Lipinski definition) is 0. The van der Waals surface area contributed by atoms with Gasteiger partial charge in [0.2, 0.25) is 0 Å². The highest BCUT2D eigenvalue weighted by Crippen LogP contribution is 2.23. The molecule has 122 valence electrons. The van der Waals surface area contributed by atoms with E-state index in [-0.39, 0.29) is 13.2 Å². The lowest BCUT2D eigenvalue weighted by atomic mass is 10.3. The first-order valence-corrected chi connectivity index (χ1v) is 7.40. The van der Waals surface area contributed by atoms with Gasteiger partial charge in [0.05, 0.1) is 0 Å². The van der Waals surface area contributed by atoms with Gasteiger partial charge in [-0.05, 0) is 48.9 Å². The van der Waals surface area contributed by atoms with Crippen molar-refractivity contribution in [3.8, 4) is 29.6 Å². The summed E-state index contributed by atoms with van der Waals surface area (Å²) < 4.78 is 16.1. The fourth-order valence-electron chi connectivity index (χ4n) is 1.82. The smallest absolute Gasteiger partial charge is 0.331 e. The normalized spacial score (nSPS) is 10.6. The predicted octanol–water partition coefficient (Wildman–Crippen LogP) is 3.98. The van der Waals surface area contributed by atoms with Gasteiger partial charge in [0, 0.05) is 6.08 Å². The van der Waals surface area contributed by atoms with Crippen molar-refractivity contribution in [1.82, 2.24) is 0 Å². The van der Waals surface area contributed by atoms with E-state index in [1.807, 2.05) is 54.6 Å². The van der Waals surface area contributed by atoms with Gasteiger partial charge in [0.15, 0.2) is 6.61 Å². The molecule has 4 nitrogen and oxygen atoms in total. The van der Waals surface area contributed by atoms with E-state index in [9.17, 15) is 4.79 Å². The number of ether oxygens (including phenoxy) is 3. The lowest BCUT2D eigenvalue weighted by Crippen LogP contribution is -2.05. The Morgan fingerprint density at radius 2 is 1.67 bits per heavy atom. The molecule has 0 aliphatic rings. The quantitative estimate of drug-likeness (QED) is 0.439. The highest BCUT2D eigenvalue weighted by molar-refractivity contribution is 5.82. The van der Waals surface area contributed by atoms with Crippen molar-refractivity contribution in [3.05, 3.63) is 66.2 Å². The number of rotatable bonds is 7. The molecule has 2 rings (SSSR count). The average molecular weight is 322 g/mol. The van der Waals surface area contributed by atoms with Crippen LogP contribution in [0.3, 0.4) is 0 Å². The number of carbonyl (C=O) groups is 1. The van der Waals surface area contributed by atoms with Crippen LogP contribution in [0.2, 0.25) is 0 Å². The number of benzene rings is 2. The molecule has 0 atom stereocenters. The highest BCUT2D eigenvalue weighted by atomic mass is 16.5. The van der Waals surface area contributed by atoms with Crippen LogP contribution in [-0.4, -0.2) is 19.2 Å². The van der Waals surface area contributed by atoms with Gasteiger partial charge in [-0.25, -0.2) is 4.79 Å². The summed E-state index contributed by atoms with van der Waals surface area (Å²) in [4.78, 5) is 11.4. The molecular weight excluding hydrogens is 304 g/mol. The van der Waals surface area contributed by atoms with Gasteiger partial charge in [0.25, 0.3) is 0 Å². The fraction of sp³-hybridized carbons (Fsp3) is 0.150. The Labute approximate surface area is 141 Å². The second-order valence-electron chi connectivity index (χ2n) is 4.98. The molecule has 0 heterocycles. The number of para-hydroxylation sites is 1. The van der Waals surface area contributed by atoms with Crippen LogP contribution in [0.1, 0.15) is 6.92 Å². The van der Waals surface area contributed by atoms with Crippen molar-refractivity contribution in [2.75, 3.05) is 13.2 Å². The molecular formula is C20H18O4. The van der Waals surface area contributed by atoms with Gasteiger partial charge in [-0.3, -0.25) is 0 Å². The summed E-state index contributed by atoms with van der Waals surface area (Å²) in [7, 11) is 0. The van der Waals surface area contributed by atoms with Gasteiger partial charge in [-0.15, -0.1) is 6.42 Å². The molecule has 0 saturated heterocycles. The second-order valence-corrected chi connectivity index (χ2v) is 4.98. The Bertz CT molecular complexity index is 724. The van der Waals surface area contributed by atoms with E-state index in [1.54, 1.807) is 6.92 Å². The Hall–Kier alpha value is -3.19. The van der Waals surface area contributed by atoms with E-state index in [1.165, 1.54) is 6.08 Å². The summed E-state index contributed by atoms with van der Waals surface area (Å²) in [5.41, 5.74) is 0.738. The molecule has 0 fully saturated rings. The van der Waals surface area contributed by atoms with E-state index in [2.05, 4.69) is 5.92 Å². The minimum Gasteiger partial charge on any atom is -0.489 e. The van der Waals surface area contributed by atoms with E-state index in [0.29, 0.717) is 5.75 Å². The van der Waals surface area contributed by atoms with Gasteiger partial charge < -0.3 is 14.2 Å². The molecule has 0 aliphatic heterocycles. The summed E-state index contributed by atoms with van der Waals surface area (Å²) in [6.07, 6.45) is 6.39. The molecule has 0 N–H and O–H groups in total. The fourth-order valence-corrected chi connectivity index (χ4v) is 1.82. The van der Waals surface area contributed by atoms with Crippen LogP contribution in [0, 0.1) is 12.3 Å². The molecule has 0 unspecified atom stereocenters. The van der Waals surface area contributed by atoms with Crippen LogP contribution >= 0.6 is 0 Å². The van der Waals surface area contributed by atoms with Crippen molar-refractivity contribution in [2.45, 2.75) is 6.92 Å². The Morgan fingerprint density at radius 3 is 2.33 bits per heavy atom. The van der Waals surface area contributed by atoms with Gasteiger partial charge in [-0.2, -0.15) is 0 Å². The molecule has 0 aliphatic carbocycles. The van der Waals surface area contributed by atoms with Gasteiger partial charge in [0.1, 0.15) is 23.9 Å². The lowest BCUT2D eigenvalue weighted by molar-refractivity contribution is -0.136. The summed E-state index contributed by atoms with van der Waals surface area (Å²) in [5, 5.41) is 0. The zero-order valence-electron chi connectivity index (χ0n) is 13.4. The summed E-state index contributed by atoms with van der Waals surface area (Å²) in [5.74, 6) is 3.94. The molecule has 4 heteroatoms. The van der Waals surface area contributed by atoms with Crippen LogP contribution < -0.4 is 9.47 Å². The van der Waals surface area contributed by atoms with Crippen molar-refractivity contribution >= 4 is 5.97 Å². The zero-order valence-corrected chi connectivity index (χ0v) is 13.4. The summed E-state index contributed by atoms with van der Waals surface area (Å²) >= 11 is 0. The molecule has 0 spiro atoms. The Morgan fingerprint density at radius 1 is 1.04 bits per heavy atom. The molecule has 0 radical (unpaired) electrons. The third kappa shape index (κ3) is 5.90. The second kappa shape index (κ2) is 9.06. The average Bonchev–Trinajstić information content (AvgIpc) is 2.60. The number of carbonyl (C=O) groups excluding carboxylic acids is 1. The molecule has 0 amide bonds. The zero-order chi connectivity index (χ0) is 17.2. The minimum atomic E-state index is -0.472. The highest BCUT2D eigenvalue weighted by Gasteiger charge is 2.01. The number of terminal acetylenes is 1. The van der Waals surface area contributed by atoms with E-state index < -0.39 is 5.97 Å². The van der Waals surface area contributed by atoms with Crippen LogP contribution in [-0.2, 0) is 9.53 Å². The molecule has 24 heavy (non-hydrogen) atoms. The Balaban J connectivity index is 1.84. The first-order chi connectivity index (χ1) is 11.7. The summed E-state index contributed by atoms with van der Waals surface area (Å²) in [6.45, 7) is 2.03.